The van der Waals surface area contributed by atoms with Crippen molar-refractivity contribution in [2.75, 3.05) is 10.6 Å². The summed E-state index contributed by atoms with van der Waals surface area (Å²) in [5.41, 5.74) is 1.51. The second-order valence-corrected chi connectivity index (χ2v) is 5.18. The standard InChI is InChI=1S/C13H12ClN5O2/c1-7-2-3-8(4-9(7)14)16-12(21)10-5-11(20)19-6-15-18-13(19)17-10/h2-4,6,10H,5H2,1H3,(H,16,21)(H,17,18)/t10-/m0/s1. The molecule has 2 aromatic rings. The SMILES string of the molecule is Cc1ccc(NC(=O)[C@@H]2CC(=O)n3cnnc3N2)cc1Cl. The Bertz CT molecular complexity index is 727. The van der Waals surface area contributed by atoms with E-state index in [1.807, 2.05) is 13.0 Å². The molecule has 108 valence electrons. The average Bonchev–Trinajstić information content (AvgIpc) is 2.92. The highest BCUT2D eigenvalue weighted by Crippen LogP contribution is 2.21. The highest BCUT2D eigenvalue weighted by atomic mass is 35.5. The molecule has 1 amide bonds. The van der Waals surface area contributed by atoms with E-state index in [-0.39, 0.29) is 24.2 Å². The first-order valence-corrected chi connectivity index (χ1v) is 6.69. The van der Waals surface area contributed by atoms with Crippen molar-refractivity contribution in [2.24, 2.45) is 0 Å². The minimum atomic E-state index is -0.686. The maximum atomic E-state index is 12.2. The molecule has 0 aliphatic carbocycles. The Kier molecular flexibility index (Phi) is 3.34. The molecule has 0 saturated heterocycles. The number of hydrogen-bond donors (Lipinski definition) is 2. The fourth-order valence-electron chi connectivity index (χ4n) is 2.05. The summed E-state index contributed by atoms with van der Waals surface area (Å²) < 4.78 is 1.28. The molecule has 2 N–H and O–H groups in total. The first-order valence-electron chi connectivity index (χ1n) is 6.31. The molecule has 1 aromatic heterocycles. The van der Waals surface area contributed by atoms with E-state index in [0.29, 0.717) is 10.7 Å². The van der Waals surface area contributed by atoms with E-state index in [4.69, 9.17) is 11.6 Å². The topological polar surface area (TPSA) is 88.9 Å². The van der Waals surface area contributed by atoms with Crippen molar-refractivity contribution >= 4 is 35.1 Å². The lowest BCUT2D eigenvalue weighted by atomic mass is 10.1. The lowest BCUT2D eigenvalue weighted by molar-refractivity contribution is -0.117. The zero-order valence-electron chi connectivity index (χ0n) is 11.1. The molecule has 1 atom stereocenters. The average molecular weight is 306 g/mol. The molecule has 3 rings (SSSR count). The van der Waals surface area contributed by atoms with Gasteiger partial charge in [0.05, 0.1) is 6.42 Å². The molecule has 7 nitrogen and oxygen atoms in total. The van der Waals surface area contributed by atoms with Gasteiger partial charge >= 0.3 is 0 Å². The summed E-state index contributed by atoms with van der Waals surface area (Å²) in [7, 11) is 0. The maximum absolute atomic E-state index is 12.2. The van der Waals surface area contributed by atoms with Crippen molar-refractivity contribution in [1.29, 1.82) is 0 Å². The van der Waals surface area contributed by atoms with Crippen LogP contribution < -0.4 is 10.6 Å². The lowest BCUT2D eigenvalue weighted by Gasteiger charge is -2.22. The van der Waals surface area contributed by atoms with Crippen LogP contribution in [0.25, 0.3) is 0 Å². The zero-order chi connectivity index (χ0) is 15.0. The normalized spacial score (nSPS) is 17.0. The Balaban J connectivity index is 1.74. The fraction of sp³-hybridized carbons (Fsp3) is 0.231. The number of nitrogens with one attached hydrogen (secondary N) is 2. The molecule has 0 saturated carbocycles. The molecule has 8 heteroatoms. The molecule has 0 radical (unpaired) electrons. The largest absolute Gasteiger partial charge is 0.342 e. The van der Waals surface area contributed by atoms with Crippen molar-refractivity contribution in [3.63, 3.8) is 0 Å². The third-order valence-electron chi connectivity index (χ3n) is 3.25. The summed E-state index contributed by atoms with van der Waals surface area (Å²) >= 11 is 6.02. The van der Waals surface area contributed by atoms with Gasteiger partial charge in [0, 0.05) is 10.7 Å². The number of anilines is 2. The number of benzene rings is 1. The van der Waals surface area contributed by atoms with E-state index < -0.39 is 6.04 Å². The van der Waals surface area contributed by atoms with Crippen molar-refractivity contribution in [1.82, 2.24) is 14.8 Å². The van der Waals surface area contributed by atoms with Gasteiger partial charge < -0.3 is 10.6 Å². The number of fused-ring (bicyclic) bond motifs is 1. The molecule has 0 fully saturated rings. The summed E-state index contributed by atoms with van der Waals surface area (Å²) in [5, 5.41) is 13.6. The Labute approximate surface area is 125 Å². The van der Waals surface area contributed by atoms with Gasteiger partial charge in [-0.3, -0.25) is 9.59 Å². The zero-order valence-corrected chi connectivity index (χ0v) is 11.9. The fourth-order valence-corrected chi connectivity index (χ4v) is 2.23. The van der Waals surface area contributed by atoms with E-state index in [1.54, 1.807) is 12.1 Å². The van der Waals surface area contributed by atoms with Crippen LogP contribution in [-0.2, 0) is 4.79 Å². The third kappa shape index (κ3) is 2.59. The first-order chi connectivity index (χ1) is 10.0. The summed E-state index contributed by atoms with van der Waals surface area (Å²) in [6.45, 7) is 1.88. The molecule has 0 unspecified atom stereocenters. The minimum Gasteiger partial charge on any atom is -0.342 e. The number of aryl methyl sites for hydroxylation is 1. The van der Waals surface area contributed by atoms with Crippen molar-refractivity contribution in [3.8, 4) is 0 Å². The minimum absolute atomic E-state index is 0.0382. The second kappa shape index (κ2) is 5.17. The summed E-state index contributed by atoms with van der Waals surface area (Å²) in [4.78, 5) is 24.1. The number of amides is 1. The summed E-state index contributed by atoms with van der Waals surface area (Å²) in [6, 6.07) is 4.55. The van der Waals surface area contributed by atoms with Crippen LogP contribution in [0.3, 0.4) is 0 Å². The summed E-state index contributed by atoms with van der Waals surface area (Å²) in [5.74, 6) is -0.276. The van der Waals surface area contributed by atoms with Gasteiger partial charge in [0.2, 0.25) is 17.8 Å². The number of carbonyl (C=O) groups excluding carboxylic acids is 2. The van der Waals surface area contributed by atoms with Gasteiger partial charge in [0.15, 0.2) is 0 Å². The number of carbonyl (C=O) groups is 2. The van der Waals surface area contributed by atoms with Gasteiger partial charge in [0.25, 0.3) is 0 Å². The van der Waals surface area contributed by atoms with Gasteiger partial charge in [-0.25, -0.2) is 4.57 Å². The number of halogens is 1. The van der Waals surface area contributed by atoms with Crippen molar-refractivity contribution in [3.05, 3.63) is 35.1 Å². The molecule has 1 aliphatic rings. The third-order valence-corrected chi connectivity index (χ3v) is 3.66. The van der Waals surface area contributed by atoms with E-state index >= 15 is 0 Å². The second-order valence-electron chi connectivity index (χ2n) is 4.77. The van der Waals surface area contributed by atoms with E-state index in [2.05, 4.69) is 20.8 Å². The Morgan fingerprint density at radius 3 is 3.10 bits per heavy atom. The molecule has 2 heterocycles. The van der Waals surface area contributed by atoms with Crippen LogP contribution in [0.1, 0.15) is 16.8 Å². The predicted octanol–water partition coefficient (Wildman–Crippen LogP) is 1.70. The quantitative estimate of drug-likeness (QED) is 0.881. The molecule has 1 aromatic carbocycles. The highest BCUT2D eigenvalue weighted by molar-refractivity contribution is 6.31. The number of hydrogen-bond acceptors (Lipinski definition) is 5. The van der Waals surface area contributed by atoms with Gasteiger partial charge in [0.1, 0.15) is 12.4 Å². The lowest BCUT2D eigenvalue weighted by Crippen LogP contribution is -2.42. The van der Waals surface area contributed by atoms with Gasteiger partial charge in [-0.1, -0.05) is 17.7 Å². The van der Waals surface area contributed by atoms with Crippen molar-refractivity contribution in [2.45, 2.75) is 19.4 Å². The smallest absolute Gasteiger partial charge is 0.247 e. The van der Waals surface area contributed by atoms with E-state index in [9.17, 15) is 9.59 Å². The van der Waals surface area contributed by atoms with Crippen molar-refractivity contribution < 1.29 is 9.59 Å². The number of rotatable bonds is 2. The van der Waals surface area contributed by atoms with Crippen LogP contribution in [0.2, 0.25) is 5.02 Å². The predicted molar refractivity (Wildman–Crippen MR) is 77.5 cm³/mol. The van der Waals surface area contributed by atoms with Crippen LogP contribution in [0.5, 0.6) is 0 Å². The molecule has 1 aliphatic heterocycles. The first kappa shape index (κ1) is 13.6. The Morgan fingerprint density at radius 1 is 1.52 bits per heavy atom. The monoisotopic (exact) mass is 305 g/mol. The van der Waals surface area contributed by atoms with Crippen LogP contribution in [0, 0.1) is 6.92 Å². The number of aromatic nitrogens is 3. The maximum Gasteiger partial charge on any atom is 0.247 e. The molecular formula is C13H12ClN5O2. The molecule has 21 heavy (non-hydrogen) atoms. The van der Waals surface area contributed by atoms with Gasteiger partial charge in [-0.2, -0.15) is 0 Å². The Morgan fingerprint density at radius 2 is 2.33 bits per heavy atom. The summed E-state index contributed by atoms with van der Waals surface area (Å²) in [6.07, 6.45) is 1.36. The van der Waals surface area contributed by atoms with E-state index in [0.717, 1.165) is 5.56 Å². The van der Waals surface area contributed by atoms with Gasteiger partial charge in [-0.05, 0) is 24.6 Å². The van der Waals surface area contributed by atoms with Crippen LogP contribution in [0.15, 0.2) is 24.5 Å². The van der Waals surface area contributed by atoms with Crippen LogP contribution in [0.4, 0.5) is 11.6 Å². The van der Waals surface area contributed by atoms with Crippen LogP contribution in [-0.4, -0.2) is 32.6 Å². The highest BCUT2D eigenvalue weighted by Gasteiger charge is 2.30. The molecule has 0 spiro atoms. The van der Waals surface area contributed by atoms with Gasteiger partial charge in [-0.15, -0.1) is 10.2 Å². The molecular weight excluding hydrogens is 294 g/mol. The molecule has 0 bridgehead atoms. The van der Waals surface area contributed by atoms with Crippen LogP contribution >= 0.6 is 11.6 Å². The van der Waals surface area contributed by atoms with E-state index in [1.165, 1.54) is 10.9 Å². The number of nitrogens with zero attached hydrogens (tertiary/aromatic N) is 3. The Hall–Kier alpha value is -2.41.